The Hall–Kier alpha value is -1.24. The van der Waals surface area contributed by atoms with E-state index in [0.717, 1.165) is 38.1 Å². The summed E-state index contributed by atoms with van der Waals surface area (Å²) in [5.41, 5.74) is 0.414. The van der Waals surface area contributed by atoms with E-state index in [4.69, 9.17) is 11.6 Å². The number of carbonyl (C=O) groups excluding carboxylic acids is 2. The second kappa shape index (κ2) is 9.11. The maximum atomic E-state index is 13.3. The summed E-state index contributed by atoms with van der Waals surface area (Å²) < 4.78 is 0. The van der Waals surface area contributed by atoms with Crippen molar-refractivity contribution in [3.05, 3.63) is 34.9 Å². The van der Waals surface area contributed by atoms with Crippen LogP contribution in [-0.2, 0) is 4.79 Å². The summed E-state index contributed by atoms with van der Waals surface area (Å²) in [6.07, 6.45) is 5.72. The van der Waals surface area contributed by atoms with Crippen molar-refractivity contribution in [3.63, 3.8) is 0 Å². The predicted octanol–water partition coefficient (Wildman–Crippen LogP) is 2.54. The van der Waals surface area contributed by atoms with Crippen LogP contribution in [0.5, 0.6) is 0 Å². The van der Waals surface area contributed by atoms with Gasteiger partial charge in [-0.25, -0.2) is 0 Å². The highest BCUT2D eigenvalue weighted by Crippen LogP contribution is 2.29. The zero-order valence-corrected chi connectivity index (χ0v) is 16.6. The maximum Gasteiger partial charge on any atom is 0.253 e. The van der Waals surface area contributed by atoms with Crippen LogP contribution in [0, 0.1) is 0 Å². The SMILES string of the molecule is CSCCC(NC(=O)c1ccccc1Cl)C(=O)N1C2CCNCC1CC2. The van der Waals surface area contributed by atoms with E-state index in [1.807, 2.05) is 11.2 Å². The smallest absolute Gasteiger partial charge is 0.253 e. The van der Waals surface area contributed by atoms with Gasteiger partial charge in [0.15, 0.2) is 0 Å². The second-order valence-electron chi connectivity index (χ2n) is 6.91. The first-order valence-corrected chi connectivity index (χ1v) is 11.0. The van der Waals surface area contributed by atoms with Gasteiger partial charge < -0.3 is 15.5 Å². The molecule has 5 nitrogen and oxygen atoms in total. The van der Waals surface area contributed by atoms with E-state index in [0.29, 0.717) is 17.0 Å². The Balaban J connectivity index is 1.76. The third-order valence-electron chi connectivity index (χ3n) is 5.24. The summed E-state index contributed by atoms with van der Waals surface area (Å²) in [5.74, 6) is 0.590. The van der Waals surface area contributed by atoms with Gasteiger partial charge in [-0.2, -0.15) is 11.8 Å². The van der Waals surface area contributed by atoms with Gasteiger partial charge in [-0.3, -0.25) is 9.59 Å². The molecule has 1 aromatic carbocycles. The maximum absolute atomic E-state index is 13.3. The molecule has 3 unspecified atom stereocenters. The molecule has 1 aromatic rings. The average Bonchev–Trinajstić information content (AvgIpc) is 2.90. The summed E-state index contributed by atoms with van der Waals surface area (Å²) in [5, 5.41) is 6.77. The standard InChI is InChI=1S/C19H26ClN3O2S/c1-26-11-9-17(22-18(24)15-4-2-3-5-16(15)20)19(25)23-13-6-7-14(23)12-21-10-8-13/h2-5,13-14,17,21H,6-12H2,1H3,(H,22,24). The van der Waals surface area contributed by atoms with Crippen LogP contribution in [-0.4, -0.2) is 59.9 Å². The fraction of sp³-hybridized carbons (Fsp3) is 0.579. The molecule has 3 rings (SSSR count). The Morgan fingerprint density at radius 1 is 1.31 bits per heavy atom. The number of nitrogens with one attached hydrogen (secondary N) is 2. The van der Waals surface area contributed by atoms with Gasteiger partial charge in [0.05, 0.1) is 10.6 Å². The molecule has 0 aliphatic carbocycles. The van der Waals surface area contributed by atoms with Gasteiger partial charge in [-0.15, -0.1) is 0 Å². The Bertz CT molecular complexity index is 643. The molecule has 0 spiro atoms. The predicted molar refractivity (Wildman–Crippen MR) is 107 cm³/mol. The summed E-state index contributed by atoms with van der Waals surface area (Å²) in [6, 6.07) is 6.97. The molecular formula is C19H26ClN3O2S. The molecule has 142 valence electrons. The number of hydrogen-bond donors (Lipinski definition) is 2. The van der Waals surface area contributed by atoms with E-state index in [9.17, 15) is 9.59 Å². The molecule has 3 atom stereocenters. The minimum Gasteiger partial charge on any atom is -0.340 e. The summed E-state index contributed by atoms with van der Waals surface area (Å²) in [4.78, 5) is 28.0. The van der Waals surface area contributed by atoms with Crippen LogP contribution in [0.15, 0.2) is 24.3 Å². The number of thioether (sulfide) groups is 1. The monoisotopic (exact) mass is 395 g/mol. The highest BCUT2D eigenvalue weighted by Gasteiger charge is 2.40. The van der Waals surface area contributed by atoms with E-state index in [1.165, 1.54) is 0 Å². The van der Waals surface area contributed by atoms with Crippen molar-refractivity contribution in [2.24, 2.45) is 0 Å². The number of nitrogens with zero attached hydrogens (tertiary/aromatic N) is 1. The number of hydrogen-bond acceptors (Lipinski definition) is 4. The largest absolute Gasteiger partial charge is 0.340 e. The average molecular weight is 396 g/mol. The first kappa shape index (κ1) is 19.5. The van der Waals surface area contributed by atoms with E-state index < -0.39 is 6.04 Å². The van der Waals surface area contributed by atoms with E-state index in [2.05, 4.69) is 10.6 Å². The van der Waals surface area contributed by atoms with Crippen LogP contribution in [0.1, 0.15) is 36.0 Å². The number of rotatable bonds is 6. The number of amides is 2. The zero-order valence-electron chi connectivity index (χ0n) is 15.0. The Kier molecular flexibility index (Phi) is 6.84. The normalized spacial score (nSPS) is 23.4. The van der Waals surface area contributed by atoms with E-state index in [1.54, 1.807) is 36.0 Å². The fourth-order valence-corrected chi connectivity index (χ4v) is 4.59. The van der Waals surface area contributed by atoms with Gasteiger partial charge in [0.1, 0.15) is 6.04 Å². The quantitative estimate of drug-likeness (QED) is 0.777. The lowest BCUT2D eigenvalue weighted by Gasteiger charge is -2.32. The van der Waals surface area contributed by atoms with Crippen molar-refractivity contribution in [1.29, 1.82) is 0 Å². The molecule has 2 amide bonds. The van der Waals surface area contributed by atoms with Crippen LogP contribution in [0.2, 0.25) is 5.02 Å². The van der Waals surface area contributed by atoms with Crippen LogP contribution < -0.4 is 10.6 Å². The summed E-state index contributed by atoms with van der Waals surface area (Å²) in [6.45, 7) is 1.79. The first-order chi connectivity index (χ1) is 12.6. The lowest BCUT2D eigenvalue weighted by atomic mass is 10.1. The highest BCUT2D eigenvalue weighted by molar-refractivity contribution is 7.98. The summed E-state index contributed by atoms with van der Waals surface area (Å²) >= 11 is 7.83. The van der Waals surface area contributed by atoms with Crippen molar-refractivity contribution in [3.8, 4) is 0 Å². The van der Waals surface area contributed by atoms with Crippen molar-refractivity contribution in [2.45, 2.75) is 43.8 Å². The van der Waals surface area contributed by atoms with Gasteiger partial charge in [-0.1, -0.05) is 23.7 Å². The number of halogens is 1. The third-order valence-corrected chi connectivity index (χ3v) is 6.21. The molecule has 26 heavy (non-hydrogen) atoms. The van der Waals surface area contributed by atoms with Crippen LogP contribution >= 0.6 is 23.4 Å². The number of benzene rings is 1. The van der Waals surface area contributed by atoms with E-state index in [-0.39, 0.29) is 23.9 Å². The molecule has 7 heteroatoms. The van der Waals surface area contributed by atoms with Crippen LogP contribution in [0.4, 0.5) is 0 Å². The minimum absolute atomic E-state index is 0.0515. The van der Waals surface area contributed by atoms with Crippen molar-refractivity contribution >= 4 is 35.2 Å². The molecule has 2 aliphatic heterocycles. The molecular weight excluding hydrogens is 370 g/mol. The molecule has 2 bridgehead atoms. The van der Waals surface area contributed by atoms with Gasteiger partial charge in [0.2, 0.25) is 5.91 Å². The molecule has 0 saturated carbocycles. The van der Waals surface area contributed by atoms with Crippen LogP contribution in [0.25, 0.3) is 0 Å². The van der Waals surface area contributed by atoms with Crippen molar-refractivity contribution in [2.75, 3.05) is 25.1 Å². The fourth-order valence-electron chi connectivity index (χ4n) is 3.90. The molecule has 2 saturated heterocycles. The first-order valence-electron chi connectivity index (χ1n) is 9.19. The minimum atomic E-state index is -0.507. The molecule has 2 N–H and O–H groups in total. The van der Waals surface area contributed by atoms with Crippen molar-refractivity contribution < 1.29 is 9.59 Å². The Morgan fingerprint density at radius 3 is 2.85 bits per heavy atom. The van der Waals surface area contributed by atoms with Gasteiger partial charge >= 0.3 is 0 Å². The molecule has 2 fully saturated rings. The van der Waals surface area contributed by atoms with Gasteiger partial charge in [0.25, 0.3) is 5.91 Å². The number of fused-ring (bicyclic) bond motifs is 2. The molecule has 0 aromatic heterocycles. The van der Waals surface area contributed by atoms with Gasteiger partial charge in [-0.05, 0) is 56.4 Å². The summed E-state index contributed by atoms with van der Waals surface area (Å²) in [7, 11) is 0. The molecule has 0 radical (unpaired) electrons. The second-order valence-corrected chi connectivity index (χ2v) is 8.30. The van der Waals surface area contributed by atoms with Crippen molar-refractivity contribution in [1.82, 2.24) is 15.5 Å². The lowest BCUT2D eigenvalue weighted by molar-refractivity contribution is -0.135. The van der Waals surface area contributed by atoms with Crippen LogP contribution in [0.3, 0.4) is 0 Å². The number of carbonyl (C=O) groups is 2. The molecule has 2 aliphatic rings. The lowest BCUT2D eigenvalue weighted by Crippen LogP contribution is -2.53. The van der Waals surface area contributed by atoms with Gasteiger partial charge in [0, 0.05) is 18.6 Å². The van der Waals surface area contributed by atoms with E-state index >= 15 is 0 Å². The molecule has 2 heterocycles. The highest BCUT2D eigenvalue weighted by atomic mass is 35.5. The Morgan fingerprint density at radius 2 is 2.08 bits per heavy atom. The topological polar surface area (TPSA) is 61.4 Å². The third kappa shape index (κ3) is 4.35. The zero-order chi connectivity index (χ0) is 18.5. The Labute approximate surface area is 164 Å².